The quantitative estimate of drug-likeness (QED) is 0.265. The van der Waals surface area contributed by atoms with Crippen LogP contribution in [0.25, 0.3) is 0 Å². The third-order valence-corrected chi connectivity index (χ3v) is 5.74. The van der Waals surface area contributed by atoms with Gasteiger partial charge < -0.3 is 11.1 Å². The molecule has 0 unspecified atom stereocenters. The Hall–Kier alpha value is -3.81. The third kappa shape index (κ3) is 5.16. The molecule has 0 aliphatic rings. The fourth-order valence-electron chi connectivity index (χ4n) is 3.30. The second-order valence-corrected chi connectivity index (χ2v) is 7.86. The summed E-state index contributed by atoms with van der Waals surface area (Å²) in [5.41, 5.74) is 14.2. The monoisotopic (exact) mass is 478 g/mol. The Kier molecular flexibility index (Phi) is 6.92. The summed E-state index contributed by atoms with van der Waals surface area (Å²) in [4.78, 5) is 21.5. The molecule has 4 aromatic rings. The molecule has 5 N–H and O–H groups in total. The lowest BCUT2D eigenvalue weighted by atomic mass is 9.91. The lowest BCUT2D eigenvalue weighted by Crippen LogP contribution is -2.35. The van der Waals surface area contributed by atoms with Crippen molar-refractivity contribution in [3.05, 3.63) is 106 Å². The molecule has 1 amide bonds. The summed E-state index contributed by atoms with van der Waals surface area (Å²) in [6.07, 6.45) is 1.32. The highest BCUT2D eigenvalue weighted by Gasteiger charge is 2.23. The van der Waals surface area contributed by atoms with Crippen LogP contribution in [0.3, 0.4) is 0 Å². The van der Waals surface area contributed by atoms with Crippen LogP contribution in [-0.4, -0.2) is 15.9 Å². The summed E-state index contributed by atoms with van der Waals surface area (Å²) in [5.74, 6) is -0.240. The topological polar surface area (TPSA) is 105 Å². The van der Waals surface area contributed by atoms with Gasteiger partial charge >= 0.3 is 0 Å². The van der Waals surface area contributed by atoms with Crippen molar-refractivity contribution in [1.29, 1.82) is 0 Å². The van der Waals surface area contributed by atoms with Gasteiger partial charge in [-0.3, -0.25) is 15.6 Å². The van der Waals surface area contributed by atoms with Crippen molar-refractivity contribution >= 4 is 52.1 Å². The van der Waals surface area contributed by atoms with Crippen LogP contribution < -0.4 is 21.9 Å². The number of nitrogens with zero attached hydrogens (tertiary/aromatic N) is 2. The number of amides is 1. The molecule has 1 heterocycles. The minimum Gasteiger partial charge on any atom is -0.393 e. The average molecular weight is 479 g/mol. The number of nitrogens with two attached hydrogens (primary N) is 1. The van der Waals surface area contributed by atoms with Gasteiger partial charge in [-0.15, -0.1) is 0 Å². The molecule has 0 atom stereocenters. The Morgan fingerprint density at radius 1 is 0.818 bits per heavy atom. The third-order valence-electron chi connectivity index (χ3n) is 4.92. The molecule has 9 heteroatoms. The van der Waals surface area contributed by atoms with Gasteiger partial charge in [-0.1, -0.05) is 89.9 Å². The van der Waals surface area contributed by atoms with Crippen molar-refractivity contribution < 1.29 is 4.79 Å². The summed E-state index contributed by atoms with van der Waals surface area (Å²) in [7, 11) is 0. The van der Waals surface area contributed by atoms with E-state index >= 15 is 0 Å². The Labute approximate surface area is 200 Å². The van der Waals surface area contributed by atoms with Gasteiger partial charge in [-0.2, -0.15) is 0 Å². The number of carbonyl (C=O) groups excluding carboxylic acids is 1. The molecule has 166 valence electrons. The Morgan fingerprint density at radius 2 is 1.42 bits per heavy atom. The number of hydrogen-bond donors (Lipinski definition) is 4. The minimum atomic E-state index is -0.522. The first kappa shape index (κ1) is 22.4. The van der Waals surface area contributed by atoms with Crippen LogP contribution in [-0.2, 0) is 4.79 Å². The van der Waals surface area contributed by atoms with E-state index in [-0.39, 0.29) is 17.4 Å². The maximum absolute atomic E-state index is 13.2. The molecule has 0 fully saturated rings. The fraction of sp³-hybridized carbons (Fsp3) is 0.0417. The molecule has 0 saturated carbocycles. The van der Waals surface area contributed by atoms with E-state index in [2.05, 4.69) is 26.1 Å². The van der Waals surface area contributed by atoms with Gasteiger partial charge in [0.2, 0.25) is 5.91 Å². The number of rotatable bonds is 7. The summed E-state index contributed by atoms with van der Waals surface area (Å²) in [5, 5.41) is 3.78. The van der Waals surface area contributed by atoms with E-state index in [1.165, 1.54) is 6.33 Å². The van der Waals surface area contributed by atoms with E-state index in [0.717, 1.165) is 11.1 Å². The highest BCUT2D eigenvalue weighted by molar-refractivity contribution is 6.43. The molecule has 0 bridgehead atoms. The summed E-state index contributed by atoms with van der Waals surface area (Å²) in [6.45, 7) is 0. The van der Waals surface area contributed by atoms with Crippen LogP contribution >= 0.6 is 23.2 Å². The van der Waals surface area contributed by atoms with E-state index < -0.39 is 5.92 Å². The van der Waals surface area contributed by atoms with Gasteiger partial charge in [0.25, 0.3) is 0 Å². The van der Waals surface area contributed by atoms with Crippen molar-refractivity contribution in [1.82, 2.24) is 15.4 Å². The smallest absolute Gasteiger partial charge is 0.250 e. The molecular weight excluding hydrogens is 459 g/mol. The predicted octanol–water partition coefficient (Wildman–Crippen LogP) is 5.38. The van der Waals surface area contributed by atoms with Crippen molar-refractivity contribution in [3.63, 3.8) is 0 Å². The number of hydrogen-bond acceptors (Lipinski definition) is 6. The van der Waals surface area contributed by atoms with E-state index in [4.69, 9.17) is 28.9 Å². The van der Waals surface area contributed by atoms with Crippen LogP contribution in [0.15, 0.2) is 85.2 Å². The largest absolute Gasteiger partial charge is 0.393 e. The van der Waals surface area contributed by atoms with Crippen molar-refractivity contribution in [2.45, 2.75) is 5.92 Å². The SMILES string of the molecule is Nc1c(NNC(=O)C(c2ccccc2)c2ccccc2)ncnc1Nc1cccc(Cl)c1Cl. The van der Waals surface area contributed by atoms with Gasteiger partial charge in [-0.05, 0) is 23.3 Å². The number of anilines is 4. The lowest BCUT2D eigenvalue weighted by molar-refractivity contribution is -0.121. The van der Waals surface area contributed by atoms with Crippen LogP contribution in [0.4, 0.5) is 23.0 Å². The molecule has 0 spiro atoms. The highest BCUT2D eigenvalue weighted by atomic mass is 35.5. The number of benzene rings is 3. The van der Waals surface area contributed by atoms with Gasteiger partial charge in [-0.25, -0.2) is 9.97 Å². The number of nitrogens with one attached hydrogen (secondary N) is 3. The normalized spacial score (nSPS) is 10.6. The molecule has 0 aliphatic carbocycles. The number of nitrogen functional groups attached to an aromatic ring is 1. The van der Waals surface area contributed by atoms with Crippen LogP contribution in [0.5, 0.6) is 0 Å². The second-order valence-electron chi connectivity index (χ2n) is 7.08. The van der Waals surface area contributed by atoms with Crippen molar-refractivity contribution in [3.8, 4) is 0 Å². The number of hydrazine groups is 1. The zero-order chi connectivity index (χ0) is 23.2. The van der Waals surface area contributed by atoms with Crippen LogP contribution in [0.1, 0.15) is 17.0 Å². The average Bonchev–Trinajstić information content (AvgIpc) is 2.84. The van der Waals surface area contributed by atoms with Gasteiger partial charge in [0, 0.05) is 0 Å². The van der Waals surface area contributed by atoms with Gasteiger partial charge in [0.15, 0.2) is 11.6 Å². The predicted molar refractivity (Wildman–Crippen MR) is 133 cm³/mol. The van der Waals surface area contributed by atoms with Gasteiger partial charge in [0.1, 0.15) is 12.0 Å². The fourth-order valence-corrected chi connectivity index (χ4v) is 3.65. The first-order chi connectivity index (χ1) is 16.0. The number of aromatic nitrogens is 2. The molecule has 0 saturated heterocycles. The summed E-state index contributed by atoms with van der Waals surface area (Å²) in [6, 6.07) is 24.2. The zero-order valence-electron chi connectivity index (χ0n) is 17.3. The van der Waals surface area contributed by atoms with Crippen LogP contribution in [0.2, 0.25) is 10.0 Å². The van der Waals surface area contributed by atoms with Gasteiger partial charge in [0.05, 0.1) is 21.7 Å². The summed E-state index contributed by atoms with van der Waals surface area (Å²) < 4.78 is 0. The standard InChI is InChI=1S/C24H20Cl2N6O/c25-17-12-7-13-18(20(17)26)30-22-21(27)23(29-14-28-22)31-32-24(33)19(15-8-3-1-4-9-15)16-10-5-2-6-11-16/h1-14,19H,27H2,(H,32,33)(H2,28,29,30,31). The maximum atomic E-state index is 13.2. The van der Waals surface area contributed by atoms with E-state index in [1.807, 2.05) is 60.7 Å². The molecule has 4 rings (SSSR count). The minimum absolute atomic E-state index is 0.199. The van der Waals surface area contributed by atoms with E-state index in [9.17, 15) is 4.79 Å². The second kappa shape index (κ2) is 10.2. The van der Waals surface area contributed by atoms with E-state index in [0.29, 0.717) is 21.6 Å². The van der Waals surface area contributed by atoms with Crippen molar-refractivity contribution in [2.75, 3.05) is 16.5 Å². The first-order valence-electron chi connectivity index (χ1n) is 10.0. The summed E-state index contributed by atoms with van der Waals surface area (Å²) >= 11 is 12.3. The van der Waals surface area contributed by atoms with Crippen molar-refractivity contribution in [2.24, 2.45) is 0 Å². The van der Waals surface area contributed by atoms with E-state index in [1.54, 1.807) is 18.2 Å². The highest BCUT2D eigenvalue weighted by Crippen LogP contribution is 2.33. The number of carbonyl (C=O) groups is 1. The molecule has 0 radical (unpaired) electrons. The molecule has 0 aliphatic heterocycles. The first-order valence-corrected chi connectivity index (χ1v) is 10.8. The molecule has 1 aromatic heterocycles. The molecule has 3 aromatic carbocycles. The lowest BCUT2D eigenvalue weighted by Gasteiger charge is -2.19. The maximum Gasteiger partial charge on any atom is 0.250 e. The zero-order valence-corrected chi connectivity index (χ0v) is 18.8. The molecule has 7 nitrogen and oxygen atoms in total. The van der Waals surface area contributed by atoms with Crippen LogP contribution in [0, 0.1) is 0 Å². The Morgan fingerprint density at radius 3 is 2.06 bits per heavy atom. The molecular formula is C24H20Cl2N6O. The Balaban J connectivity index is 1.54. The molecule has 33 heavy (non-hydrogen) atoms. The Bertz CT molecular complexity index is 1220. The number of halogens is 2.